The van der Waals surface area contributed by atoms with Crippen molar-refractivity contribution >= 4 is 0 Å². The molecule has 12 heavy (non-hydrogen) atoms. The van der Waals surface area contributed by atoms with Gasteiger partial charge in [-0.3, -0.25) is 0 Å². The Balaban J connectivity index is 3.81. The lowest BCUT2D eigenvalue weighted by Gasteiger charge is -2.22. The van der Waals surface area contributed by atoms with Crippen LogP contribution in [0.2, 0.25) is 0 Å². The minimum atomic E-state index is -0.524. The molecule has 0 saturated carbocycles. The fourth-order valence-electron chi connectivity index (χ4n) is 1.43. The van der Waals surface area contributed by atoms with Crippen molar-refractivity contribution in [2.24, 2.45) is 11.8 Å². The summed E-state index contributed by atoms with van der Waals surface area (Å²) < 4.78 is 0. The van der Waals surface area contributed by atoms with Crippen molar-refractivity contribution in [2.75, 3.05) is 6.61 Å². The average Bonchev–Trinajstić information content (AvgIpc) is 2.12. The highest BCUT2D eigenvalue weighted by Gasteiger charge is 2.18. The van der Waals surface area contributed by atoms with Gasteiger partial charge in [0, 0.05) is 0 Å². The first-order chi connectivity index (χ1) is 5.65. The van der Waals surface area contributed by atoms with Gasteiger partial charge in [-0.25, -0.2) is 0 Å². The lowest BCUT2D eigenvalue weighted by molar-refractivity contribution is 0.0363. The van der Waals surface area contributed by atoms with Crippen LogP contribution in [0.25, 0.3) is 0 Å². The van der Waals surface area contributed by atoms with Gasteiger partial charge >= 0.3 is 0 Å². The van der Waals surface area contributed by atoms with Gasteiger partial charge in [0.05, 0.1) is 12.7 Å². The van der Waals surface area contributed by atoms with Crippen LogP contribution >= 0.6 is 0 Å². The summed E-state index contributed by atoms with van der Waals surface area (Å²) >= 11 is 0. The molecular formula is C10H22O2. The third-order valence-electron chi connectivity index (χ3n) is 2.66. The van der Waals surface area contributed by atoms with Gasteiger partial charge in [-0.2, -0.15) is 0 Å². The molecule has 2 heteroatoms. The quantitative estimate of drug-likeness (QED) is 0.644. The SMILES string of the molecule is CC[C@H](C)C[C@@H](CC)[C@H](O)CO. The van der Waals surface area contributed by atoms with Gasteiger partial charge in [-0.05, 0) is 18.3 Å². The molecule has 0 fully saturated rings. The molecule has 0 unspecified atom stereocenters. The first-order valence-electron chi connectivity index (χ1n) is 4.94. The smallest absolute Gasteiger partial charge is 0.0799 e. The molecule has 3 atom stereocenters. The summed E-state index contributed by atoms with van der Waals surface area (Å²) in [6.07, 6.45) is 2.60. The highest BCUT2D eigenvalue weighted by molar-refractivity contribution is 4.68. The molecule has 0 bridgehead atoms. The minimum absolute atomic E-state index is 0.102. The van der Waals surface area contributed by atoms with Crippen LogP contribution in [0, 0.1) is 11.8 Å². The maximum atomic E-state index is 9.41. The molecule has 0 spiro atoms. The lowest BCUT2D eigenvalue weighted by Crippen LogP contribution is -2.25. The minimum Gasteiger partial charge on any atom is -0.394 e. The van der Waals surface area contributed by atoms with Crippen LogP contribution in [0.3, 0.4) is 0 Å². The zero-order chi connectivity index (χ0) is 9.56. The predicted octanol–water partition coefficient (Wildman–Crippen LogP) is 1.80. The topological polar surface area (TPSA) is 40.5 Å². The standard InChI is InChI=1S/C10H22O2/c1-4-8(3)6-9(5-2)10(12)7-11/h8-12H,4-7H2,1-3H3/t8-,9+,10+/m0/s1. The van der Waals surface area contributed by atoms with Gasteiger partial charge in [0.1, 0.15) is 0 Å². The van der Waals surface area contributed by atoms with Crippen molar-refractivity contribution in [3.8, 4) is 0 Å². The fourth-order valence-corrected chi connectivity index (χ4v) is 1.43. The Morgan fingerprint density at radius 1 is 1.17 bits per heavy atom. The number of aliphatic hydroxyl groups is 2. The van der Waals surface area contributed by atoms with Crippen LogP contribution in [0.15, 0.2) is 0 Å². The third-order valence-corrected chi connectivity index (χ3v) is 2.66. The van der Waals surface area contributed by atoms with Crippen molar-refractivity contribution in [1.29, 1.82) is 0 Å². The molecule has 0 aromatic carbocycles. The highest BCUT2D eigenvalue weighted by atomic mass is 16.3. The molecule has 2 nitrogen and oxygen atoms in total. The third kappa shape index (κ3) is 4.07. The number of hydrogen-bond acceptors (Lipinski definition) is 2. The largest absolute Gasteiger partial charge is 0.394 e. The zero-order valence-corrected chi connectivity index (χ0v) is 8.45. The fraction of sp³-hybridized carbons (Fsp3) is 1.00. The van der Waals surface area contributed by atoms with Crippen LogP contribution in [0.5, 0.6) is 0 Å². The molecule has 2 N–H and O–H groups in total. The normalized spacial score (nSPS) is 18.8. The Kier molecular flexibility index (Phi) is 6.39. The van der Waals surface area contributed by atoms with E-state index >= 15 is 0 Å². The van der Waals surface area contributed by atoms with E-state index < -0.39 is 6.10 Å². The summed E-state index contributed by atoms with van der Waals surface area (Å²) in [6, 6.07) is 0. The Morgan fingerprint density at radius 3 is 2.08 bits per heavy atom. The van der Waals surface area contributed by atoms with Gasteiger partial charge < -0.3 is 10.2 Å². The second-order valence-electron chi connectivity index (χ2n) is 3.67. The Bertz CT molecular complexity index is 104. The molecule has 0 rings (SSSR count). The Labute approximate surface area is 75.6 Å². The molecule has 0 aromatic rings. The van der Waals surface area contributed by atoms with Crippen LogP contribution in [0.1, 0.15) is 40.0 Å². The van der Waals surface area contributed by atoms with Gasteiger partial charge in [-0.15, -0.1) is 0 Å². The molecule has 0 amide bonds. The summed E-state index contributed by atoms with van der Waals surface area (Å²) in [4.78, 5) is 0. The molecule has 0 aliphatic carbocycles. The monoisotopic (exact) mass is 174 g/mol. The molecule has 0 heterocycles. The van der Waals surface area contributed by atoms with E-state index in [4.69, 9.17) is 5.11 Å². The van der Waals surface area contributed by atoms with Gasteiger partial charge in [0.25, 0.3) is 0 Å². The highest BCUT2D eigenvalue weighted by Crippen LogP contribution is 2.20. The average molecular weight is 174 g/mol. The Hall–Kier alpha value is -0.0800. The maximum absolute atomic E-state index is 9.41. The zero-order valence-electron chi connectivity index (χ0n) is 8.45. The van der Waals surface area contributed by atoms with Crippen molar-refractivity contribution in [3.05, 3.63) is 0 Å². The van der Waals surface area contributed by atoms with Gasteiger partial charge in [-0.1, -0.05) is 33.6 Å². The van der Waals surface area contributed by atoms with Crippen LogP contribution in [-0.4, -0.2) is 22.9 Å². The van der Waals surface area contributed by atoms with Crippen molar-refractivity contribution in [3.63, 3.8) is 0 Å². The molecule has 0 aromatic heterocycles. The molecule has 0 aliphatic rings. The molecule has 0 radical (unpaired) electrons. The second-order valence-corrected chi connectivity index (χ2v) is 3.67. The van der Waals surface area contributed by atoms with E-state index in [1.807, 2.05) is 0 Å². The van der Waals surface area contributed by atoms with Gasteiger partial charge in [0.2, 0.25) is 0 Å². The number of hydrogen-bond donors (Lipinski definition) is 2. The first-order valence-corrected chi connectivity index (χ1v) is 4.94. The van der Waals surface area contributed by atoms with Crippen molar-refractivity contribution < 1.29 is 10.2 Å². The summed E-state index contributed by atoms with van der Waals surface area (Å²) in [7, 11) is 0. The van der Waals surface area contributed by atoms with E-state index in [1.54, 1.807) is 0 Å². The molecule has 0 aliphatic heterocycles. The first kappa shape index (κ1) is 11.9. The van der Waals surface area contributed by atoms with Crippen molar-refractivity contribution in [1.82, 2.24) is 0 Å². The number of rotatable bonds is 6. The molecule has 0 saturated heterocycles. The van der Waals surface area contributed by atoms with E-state index in [0.29, 0.717) is 5.92 Å². The van der Waals surface area contributed by atoms with E-state index in [0.717, 1.165) is 19.3 Å². The summed E-state index contributed by atoms with van der Waals surface area (Å²) in [5.74, 6) is 0.918. The van der Waals surface area contributed by atoms with E-state index in [1.165, 1.54) is 0 Å². The number of aliphatic hydroxyl groups excluding tert-OH is 2. The predicted molar refractivity (Wildman–Crippen MR) is 50.9 cm³/mol. The van der Waals surface area contributed by atoms with Crippen LogP contribution in [-0.2, 0) is 0 Å². The van der Waals surface area contributed by atoms with E-state index in [2.05, 4.69) is 20.8 Å². The second kappa shape index (κ2) is 6.44. The van der Waals surface area contributed by atoms with E-state index in [-0.39, 0.29) is 12.5 Å². The lowest BCUT2D eigenvalue weighted by atomic mass is 9.88. The molecule has 74 valence electrons. The van der Waals surface area contributed by atoms with E-state index in [9.17, 15) is 5.11 Å². The van der Waals surface area contributed by atoms with Crippen LogP contribution in [0.4, 0.5) is 0 Å². The Morgan fingerprint density at radius 2 is 1.75 bits per heavy atom. The summed E-state index contributed by atoms with van der Waals surface area (Å²) in [5.41, 5.74) is 0. The van der Waals surface area contributed by atoms with Gasteiger partial charge in [0.15, 0.2) is 0 Å². The van der Waals surface area contributed by atoms with Crippen molar-refractivity contribution in [2.45, 2.75) is 46.1 Å². The molecular weight excluding hydrogens is 152 g/mol. The summed E-state index contributed by atoms with van der Waals surface area (Å²) in [5, 5.41) is 18.2. The summed E-state index contributed by atoms with van der Waals surface area (Å²) in [6.45, 7) is 6.30. The maximum Gasteiger partial charge on any atom is 0.0799 e. The van der Waals surface area contributed by atoms with Crippen LogP contribution < -0.4 is 0 Å².